The highest BCUT2D eigenvalue weighted by atomic mass is 35.5. The van der Waals surface area contributed by atoms with Crippen LogP contribution in [0.2, 0.25) is 5.02 Å². The van der Waals surface area contributed by atoms with Gasteiger partial charge in [-0.1, -0.05) is 11.6 Å². The summed E-state index contributed by atoms with van der Waals surface area (Å²) in [6.45, 7) is 0. The standard InChI is InChI=1S/C12H14ClFO4/c1-17-8-6-7(4-3-5-9(15)16)11(14)10(13)12(8)18-2/h6H,3-5H2,1-2H3,(H,15,16). The average Bonchev–Trinajstić information content (AvgIpc) is 2.33. The van der Waals surface area contributed by atoms with Crippen LogP contribution in [0, 0.1) is 5.82 Å². The molecule has 0 amide bonds. The predicted molar refractivity (Wildman–Crippen MR) is 65.1 cm³/mol. The first kappa shape index (κ1) is 14.6. The van der Waals surface area contributed by atoms with E-state index in [1.54, 1.807) is 0 Å². The van der Waals surface area contributed by atoms with Crippen molar-refractivity contribution in [2.45, 2.75) is 19.3 Å². The third-order valence-corrected chi connectivity index (χ3v) is 2.80. The molecule has 0 heterocycles. The number of carbonyl (C=O) groups is 1. The van der Waals surface area contributed by atoms with Crippen LogP contribution < -0.4 is 9.47 Å². The monoisotopic (exact) mass is 276 g/mol. The van der Waals surface area contributed by atoms with E-state index in [0.717, 1.165) is 0 Å². The molecule has 0 aliphatic rings. The summed E-state index contributed by atoms with van der Waals surface area (Å²) in [7, 11) is 2.79. The van der Waals surface area contributed by atoms with Crippen LogP contribution in [-0.4, -0.2) is 25.3 Å². The zero-order valence-electron chi connectivity index (χ0n) is 10.1. The highest BCUT2D eigenvalue weighted by Gasteiger charge is 2.18. The van der Waals surface area contributed by atoms with Crippen molar-refractivity contribution in [2.24, 2.45) is 0 Å². The first-order valence-corrected chi connectivity index (χ1v) is 5.69. The van der Waals surface area contributed by atoms with E-state index in [0.29, 0.717) is 17.7 Å². The van der Waals surface area contributed by atoms with E-state index in [9.17, 15) is 9.18 Å². The van der Waals surface area contributed by atoms with Crippen LogP contribution in [0.1, 0.15) is 18.4 Å². The zero-order valence-corrected chi connectivity index (χ0v) is 10.9. The molecule has 0 fully saturated rings. The summed E-state index contributed by atoms with van der Waals surface area (Å²) in [5, 5.41) is 8.38. The van der Waals surface area contributed by atoms with E-state index in [-0.39, 0.29) is 23.6 Å². The Morgan fingerprint density at radius 3 is 2.61 bits per heavy atom. The van der Waals surface area contributed by atoms with Gasteiger partial charge in [-0.25, -0.2) is 4.39 Å². The molecular formula is C12H14ClFO4. The molecule has 0 aliphatic carbocycles. The van der Waals surface area contributed by atoms with Crippen LogP contribution in [0.4, 0.5) is 4.39 Å². The number of hydrogen-bond donors (Lipinski definition) is 1. The minimum absolute atomic E-state index is 0.0224. The molecule has 4 nitrogen and oxygen atoms in total. The van der Waals surface area contributed by atoms with Crippen molar-refractivity contribution in [3.05, 3.63) is 22.5 Å². The van der Waals surface area contributed by atoms with Crippen LogP contribution in [0.3, 0.4) is 0 Å². The second kappa shape index (κ2) is 6.44. The fourth-order valence-corrected chi connectivity index (χ4v) is 1.88. The van der Waals surface area contributed by atoms with Crippen LogP contribution >= 0.6 is 11.6 Å². The molecule has 0 bridgehead atoms. The molecule has 100 valence electrons. The maximum absolute atomic E-state index is 13.9. The fourth-order valence-electron chi connectivity index (χ4n) is 1.59. The molecular weight excluding hydrogens is 263 g/mol. The number of aliphatic carboxylic acids is 1. The predicted octanol–water partition coefficient (Wildman–Crippen LogP) is 2.90. The molecule has 6 heteroatoms. The summed E-state index contributed by atoms with van der Waals surface area (Å²) in [5.74, 6) is -1.05. The second-order valence-corrected chi connectivity index (χ2v) is 4.02. The Labute approximate surface area is 109 Å². The summed E-state index contributed by atoms with van der Waals surface area (Å²) in [6, 6.07) is 1.47. The van der Waals surface area contributed by atoms with Gasteiger partial charge in [0.05, 0.1) is 14.2 Å². The summed E-state index contributed by atoms with van der Waals surface area (Å²) >= 11 is 5.83. The first-order chi connectivity index (χ1) is 8.51. The molecule has 0 spiro atoms. The molecule has 1 N–H and O–H groups in total. The van der Waals surface area contributed by atoms with E-state index in [2.05, 4.69) is 0 Å². The zero-order chi connectivity index (χ0) is 13.7. The molecule has 0 radical (unpaired) electrons. The Morgan fingerprint density at radius 1 is 1.44 bits per heavy atom. The summed E-state index contributed by atoms with van der Waals surface area (Å²) < 4.78 is 23.9. The second-order valence-electron chi connectivity index (χ2n) is 3.65. The normalized spacial score (nSPS) is 10.2. The quantitative estimate of drug-likeness (QED) is 0.868. The highest BCUT2D eigenvalue weighted by molar-refractivity contribution is 6.32. The lowest BCUT2D eigenvalue weighted by Crippen LogP contribution is -2.01. The summed E-state index contributed by atoms with van der Waals surface area (Å²) in [5.41, 5.74) is 0.318. The maximum atomic E-state index is 13.9. The van der Waals surface area contributed by atoms with Gasteiger partial charge in [0.25, 0.3) is 0 Å². The van der Waals surface area contributed by atoms with Gasteiger partial charge in [0.1, 0.15) is 10.8 Å². The number of hydrogen-bond acceptors (Lipinski definition) is 3. The topological polar surface area (TPSA) is 55.8 Å². The number of benzene rings is 1. The number of methoxy groups -OCH3 is 2. The van der Waals surface area contributed by atoms with Crippen molar-refractivity contribution >= 4 is 17.6 Å². The van der Waals surface area contributed by atoms with Crippen LogP contribution in [0.25, 0.3) is 0 Å². The third-order valence-electron chi connectivity index (χ3n) is 2.46. The number of ether oxygens (including phenoxy) is 2. The highest BCUT2D eigenvalue weighted by Crippen LogP contribution is 2.38. The Hall–Kier alpha value is -1.49. The van der Waals surface area contributed by atoms with Gasteiger partial charge >= 0.3 is 5.97 Å². The minimum Gasteiger partial charge on any atom is -0.493 e. The molecule has 1 aromatic rings. The lowest BCUT2D eigenvalue weighted by molar-refractivity contribution is -0.137. The number of aryl methyl sites for hydroxylation is 1. The summed E-state index contributed by atoms with van der Waals surface area (Å²) in [4.78, 5) is 10.4. The van der Waals surface area contributed by atoms with Crippen molar-refractivity contribution in [3.63, 3.8) is 0 Å². The van der Waals surface area contributed by atoms with Gasteiger partial charge in [0, 0.05) is 6.42 Å². The van der Waals surface area contributed by atoms with Crippen molar-refractivity contribution < 1.29 is 23.8 Å². The van der Waals surface area contributed by atoms with E-state index < -0.39 is 11.8 Å². The molecule has 0 aliphatic heterocycles. The fraction of sp³-hybridized carbons (Fsp3) is 0.417. The lowest BCUT2D eigenvalue weighted by Gasteiger charge is -2.13. The van der Waals surface area contributed by atoms with E-state index in [4.69, 9.17) is 26.2 Å². The molecule has 1 rings (SSSR count). The van der Waals surface area contributed by atoms with Gasteiger partial charge in [-0.05, 0) is 24.5 Å². The SMILES string of the molecule is COc1cc(CCCC(=O)O)c(F)c(Cl)c1OC. The van der Waals surface area contributed by atoms with Crippen LogP contribution in [0.5, 0.6) is 11.5 Å². The Morgan fingerprint density at radius 2 is 2.11 bits per heavy atom. The third kappa shape index (κ3) is 3.26. The number of halogens is 2. The van der Waals surface area contributed by atoms with Crippen molar-refractivity contribution in [2.75, 3.05) is 14.2 Å². The molecule has 0 saturated heterocycles. The summed E-state index contributed by atoms with van der Waals surface area (Å²) in [6.07, 6.45) is 0.585. The Bertz CT molecular complexity index is 448. The van der Waals surface area contributed by atoms with Crippen LogP contribution in [0.15, 0.2) is 6.07 Å². The van der Waals surface area contributed by atoms with Gasteiger partial charge in [0.15, 0.2) is 11.5 Å². The maximum Gasteiger partial charge on any atom is 0.303 e. The van der Waals surface area contributed by atoms with E-state index in [1.807, 2.05) is 0 Å². The first-order valence-electron chi connectivity index (χ1n) is 5.31. The Kier molecular flexibility index (Phi) is 5.22. The number of carboxylic acid groups (broad SMARTS) is 1. The van der Waals surface area contributed by atoms with Gasteiger partial charge in [-0.15, -0.1) is 0 Å². The number of rotatable bonds is 6. The van der Waals surface area contributed by atoms with Crippen molar-refractivity contribution in [1.82, 2.24) is 0 Å². The molecule has 0 unspecified atom stereocenters. The molecule has 0 saturated carbocycles. The van der Waals surface area contributed by atoms with Crippen LogP contribution in [-0.2, 0) is 11.2 Å². The minimum atomic E-state index is -0.915. The van der Waals surface area contributed by atoms with Gasteiger partial charge in [0.2, 0.25) is 0 Å². The smallest absolute Gasteiger partial charge is 0.303 e. The van der Waals surface area contributed by atoms with Gasteiger partial charge in [-0.2, -0.15) is 0 Å². The van der Waals surface area contributed by atoms with E-state index >= 15 is 0 Å². The molecule has 0 aromatic heterocycles. The molecule has 0 atom stereocenters. The molecule has 1 aromatic carbocycles. The van der Waals surface area contributed by atoms with Crippen molar-refractivity contribution in [3.8, 4) is 11.5 Å². The van der Waals surface area contributed by atoms with Crippen molar-refractivity contribution in [1.29, 1.82) is 0 Å². The van der Waals surface area contributed by atoms with Gasteiger partial charge in [-0.3, -0.25) is 4.79 Å². The Balaban J connectivity index is 2.98. The lowest BCUT2D eigenvalue weighted by atomic mass is 10.1. The largest absolute Gasteiger partial charge is 0.493 e. The average molecular weight is 277 g/mol. The van der Waals surface area contributed by atoms with E-state index in [1.165, 1.54) is 20.3 Å². The molecule has 18 heavy (non-hydrogen) atoms. The van der Waals surface area contributed by atoms with Gasteiger partial charge < -0.3 is 14.6 Å². The number of carboxylic acids is 1.